The van der Waals surface area contributed by atoms with Gasteiger partial charge >= 0.3 is 5.97 Å². The second kappa shape index (κ2) is 12.3. The van der Waals surface area contributed by atoms with E-state index in [0.717, 1.165) is 54.8 Å². The molecular weight excluding hydrogens is 472 g/mol. The van der Waals surface area contributed by atoms with Gasteiger partial charge in [0.25, 0.3) is 0 Å². The topological polar surface area (TPSA) is 66.8 Å². The van der Waals surface area contributed by atoms with Crippen molar-refractivity contribution in [1.82, 2.24) is 0 Å². The molecule has 4 heteroatoms. The van der Waals surface area contributed by atoms with Crippen LogP contribution in [0.25, 0.3) is 0 Å². The molecule has 0 bridgehead atoms. The predicted octanol–water partition coefficient (Wildman–Crippen LogP) is 7.57. The van der Waals surface area contributed by atoms with E-state index in [-0.39, 0.29) is 31.2 Å². The van der Waals surface area contributed by atoms with Crippen molar-refractivity contribution in [3.8, 4) is 0 Å². The molecule has 0 aromatic rings. The molecule has 2 N–H and O–H groups in total. The Kier molecular flexibility index (Phi) is 9.77. The number of ether oxygens (including phenoxy) is 1. The fourth-order valence-electron chi connectivity index (χ4n) is 10.2. The zero-order valence-corrected chi connectivity index (χ0v) is 25.2. The molecule has 4 fully saturated rings. The summed E-state index contributed by atoms with van der Waals surface area (Å²) in [6.07, 6.45) is 15.9. The molecule has 0 heterocycles. The van der Waals surface area contributed by atoms with Crippen molar-refractivity contribution >= 4 is 5.97 Å². The maximum atomic E-state index is 12.7. The molecule has 9 atom stereocenters. The van der Waals surface area contributed by atoms with E-state index in [1.807, 2.05) is 0 Å². The van der Waals surface area contributed by atoms with Crippen LogP contribution < -0.4 is 0 Å². The molecule has 0 saturated heterocycles. The second-order valence-corrected chi connectivity index (χ2v) is 15.0. The highest BCUT2D eigenvalue weighted by Gasteiger charge is 2.60. The Morgan fingerprint density at radius 2 is 1.61 bits per heavy atom. The maximum absolute atomic E-state index is 12.7. The van der Waals surface area contributed by atoms with Crippen LogP contribution in [0.4, 0.5) is 0 Å². The van der Waals surface area contributed by atoms with Crippen LogP contribution in [0.1, 0.15) is 118 Å². The first-order chi connectivity index (χ1) is 18.0. The van der Waals surface area contributed by atoms with Gasteiger partial charge in [-0.3, -0.25) is 0 Å². The molecule has 0 radical (unpaired) electrons. The van der Waals surface area contributed by atoms with Crippen molar-refractivity contribution in [2.75, 3.05) is 13.2 Å². The lowest BCUT2D eigenvalue weighted by Crippen LogP contribution is -2.54. The van der Waals surface area contributed by atoms with Gasteiger partial charge in [-0.2, -0.15) is 0 Å². The van der Waals surface area contributed by atoms with Crippen molar-refractivity contribution in [3.05, 3.63) is 12.2 Å². The lowest BCUT2D eigenvalue weighted by molar-refractivity contribution is -0.159. The molecule has 4 saturated carbocycles. The number of hydrogen-bond acceptors (Lipinski definition) is 4. The Bertz CT molecular complexity index is 817. The molecular formula is C34H58O4. The minimum absolute atomic E-state index is 0.0213. The van der Waals surface area contributed by atoms with Crippen LogP contribution in [-0.4, -0.2) is 35.5 Å². The van der Waals surface area contributed by atoms with E-state index in [4.69, 9.17) is 4.74 Å². The largest absolute Gasteiger partial charge is 0.459 e. The molecule has 38 heavy (non-hydrogen) atoms. The van der Waals surface area contributed by atoms with Gasteiger partial charge in [0.1, 0.15) is 6.10 Å². The Balaban J connectivity index is 1.35. The third kappa shape index (κ3) is 5.92. The molecule has 4 aliphatic rings. The van der Waals surface area contributed by atoms with Gasteiger partial charge < -0.3 is 14.9 Å². The first-order valence-electron chi connectivity index (χ1n) is 16.1. The molecule has 4 nitrogen and oxygen atoms in total. The molecule has 1 unspecified atom stereocenters. The number of aliphatic hydroxyl groups is 2. The summed E-state index contributed by atoms with van der Waals surface area (Å²) in [5, 5.41) is 18.7. The number of carbonyl (C=O) groups excluding carboxylic acids is 1. The van der Waals surface area contributed by atoms with Crippen LogP contribution >= 0.6 is 0 Å². The van der Waals surface area contributed by atoms with E-state index in [9.17, 15) is 15.0 Å². The van der Waals surface area contributed by atoms with Crippen molar-refractivity contribution in [2.24, 2.45) is 58.2 Å². The van der Waals surface area contributed by atoms with Gasteiger partial charge in [-0.15, -0.1) is 0 Å². The minimum Gasteiger partial charge on any atom is -0.459 e. The smallest absolute Gasteiger partial charge is 0.333 e. The van der Waals surface area contributed by atoms with Crippen LogP contribution in [0.2, 0.25) is 0 Å². The summed E-state index contributed by atoms with van der Waals surface area (Å²) in [4.78, 5) is 12.7. The molecule has 0 aromatic carbocycles. The zero-order valence-electron chi connectivity index (χ0n) is 25.2. The molecule has 0 aromatic heterocycles. The summed E-state index contributed by atoms with van der Waals surface area (Å²) in [5.41, 5.74) is 1.29. The molecule has 4 aliphatic carbocycles. The van der Waals surface area contributed by atoms with Crippen molar-refractivity contribution in [2.45, 2.75) is 124 Å². The van der Waals surface area contributed by atoms with Crippen LogP contribution in [0, 0.1) is 58.2 Å². The normalized spacial score (nSPS) is 39.4. The number of esters is 1. The van der Waals surface area contributed by atoms with Gasteiger partial charge in [-0.1, -0.05) is 60.5 Å². The Morgan fingerprint density at radius 1 is 0.921 bits per heavy atom. The standard InChI is InChI=1S/C34H58O4/c1-22(2)8-7-9-23(3)29-12-13-30-28-11-10-26-19-27(38-32(37)24(4)18-25(20-35)21-36)14-16-33(26,5)31(28)15-17-34(29,30)6/h22-23,25-31,35-36H,4,7-21H2,1-3,5-6H3/t23-,26+,27+,28+,29?,30+,31+,33+,34-/m1/s1. The fraction of sp³-hybridized carbons (Fsp3) is 0.912. The average molecular weight is 531 g/mol. The SMILES string of the molecule is C=C(CC(CO)CO)C(=O)O[C@H]1CC[C@@]2(C)[C@@H](CC[C@@H]3[C@@H]2CC[C@]2(C)C([C@H](C)CCCC(C)C)CC[C@@H]32)C1. The molecule has 0 amide bonds. The van der Waals surface area contributed by atoms with Gasteiger partial charge in [0.05, 0.1) is 0 Å². The van der Waals surface area contributed by atoms with Gasteiger partial charge in [-0.05, 0) is 116 Å². The van der Waals surface area contributed by atoms with E-state index in [0.29, 0.717) is 28.7 Å². The van der Waals surface area contributed by atoms with E-state index >= 15 is 0 Å². The van der Waals surface area contributed by atoms with Crippen LogP contribution in [0.3, 0.4) is 0 Å². The molecule has 4 rings (SSSR count). The lowest BCUT2D eigenvalue weighted by Gasteiger charge is -2.61. The number of hydrogen-bond donors (Lipinski definition) is 2. The number of rotatable bonds is 11. The van der Waals surface area contributed by atoms with Gasteiger partial charge in [0.15, 0.2) is 0 Å². The quantitative estimate of drug-likeness (QED) is 0.214. The Labute approximate surface area is 233 Å². The summed E-state index contributed by atoms with van der Waals surface area (Å²) < 4.78 is 5.94. The lowest BCUT2D eigenvalue weighted by atomic mass is 9.44. The highest BCUT2D eigenvalue weighted by Crippen LogP contribution is 2.68. The monoisotopic (exact) mass is 530 g/mol. The molecule has 218 valence electrons. The van der Waals surface area contributed by atoms with Gasteiger partial charge in [0.2, 0.25) is 0 Å². The number of carbonyl (C=O) groups is 1. The van der Waals surface area contributed by atoms with Crippen molar-refractivity contribution in [3.63, 3.8) is 0 Å². The van der Waals surface area contributed by atoms with Gasteiger partial charge in [0, 0.05) is 24.7 Å². The molecule has 0 aliphatic heterocycles. The third-order valence-corrected chi connectivity index (χ3v) is 12.4. The van der Waals surface area contributed by atoms with Gasteiger partial charge in [-0.25, -0.2) is 4.79 Å². The van der Waals surface area contributed by atoms with Crippen molar-refractivity contribution in [1.29, 1.82) is 0 Å². The Hall–Kier alpha value is -0.870. The predicted molar refractivity (Wildman–Crippen MR) is 154 cm³/mol. The summed E-state index contributed by atoms with van der Waals surface area (Å²) in [6.45, 7) is 16.1. The summed E-state index contributed by atoms with van der Waals surface area (Å²) >= 11 is 0. The highest BCUT2D eigenvalue weighted by molar-refractivity contribution is 5.87. The zero-order chi connectivity index (χ0) is 27.7. The highest BCUT2D eigenvalue weighted by atomic mass is 16.5. The summed E-state index contributed by atoms with van der Waals surface area (Å²) in [6, 6.07) is 0. The van der Waals surface area contributed by atoms with E-state index in [2.05, 4.69) is 41.2 Å². The third-order valence-electron chi connectivity index (χ3n) is 12.4. The average Bonchev–Trinajstić information content (AvgIpc) is 3.24. The minimum atomic E-state index is -0.341. The van der Waals surface area contributed by atoms with E-state index in [1.54, 1.807) is 0 Å². The van der Waals surface area contributed by atoms with Crippen LogP contribution in [0.5, 0.6) is 0 Å². The number of fused-ring (bicyclic) bond motifs is 5. The number of aliphatic hydroxyl groups excluding tert-OH is 2. The van der Waals surface area contributed by atoms with Crippen LogP contribution in [-0.2, 0) is 9.53 Å². The first kappa shape index (κ1) is 30.1. The molecule has 0 spiro atoms. The summed E-state index contributed by atoms with van der Waals surface area (Å²) in [7, 11) is 0. The first-order valence-corrected chi connectivity index (χ1v) is 16.1. The fourth-order valence-corrected chi connectivity index (χ4v) is 10.2. The summed E-state index contributed by atoms with van der Waals surface area (Å²) in [5.74, 6) is 5.17. The maximum Gasteiger partial charge on any atom is 0.333 e. The van der Waals surface area contributed by atoms with Crippen LogP contribution in [0.15, 0.2) is 12.2 Å². The van der Waals surface area contributed by atoms with E-state index < -0.39 is 0 Å². The Morgan fingerprint density at radius 3 is 2.29 bits per heavy atom. The van der Waals surface area contributed by atoms with E-state index in [1.165, 1.54) is 57.8 Å². The second-order valence-electron chi connectivity index (χ2n) is 15.0. The van der Waals surface area contributed by atoms with Crippen molar-refractivity contribution < 1.29 is 19.7 Å².